The van der Waals surface area contributed by atoms with E-state index in [2.05, 4.69) is 15.4 Å². The molecule has 4 heterocycles. The summed E-state index contributed by atoms with van der Waals surface area (Å²) in [5.74, 6) is 0.816. The van der Waals surface area contributed by atoms with Crippen molar-refractivity contribution in [3.8, 4) is 11.4 Å². The van der Waals surface area contributed by atoms with Crippen molar-refractivity contribution in [2.75, 3.05) is 13.2 Å². The van der Waals surface area contributed by atoms with Gasteiger partial charge in [0.05, 0.1) is 0 Å². The van der Waals surface area contributed by atoms with Crippen LogP contribution in [0.2, 0.25) is 0 Å². The molecular weight excluding hydrogens is 296 g/mol. The van der Waals surface area contributed by atoms with Crippen LogP contribution in [0.5, 0.6) is 0 Å². The topological polar surface area (TPSA) is 84.2 Å². The van der Waals surface area contributed by atoms with Crippen LogP contribution >= 0.6 is 0 Å². The van der Waals surface area contributed by atoms with Crippen molar-refractivity contribution in [3.63, 3.8) is 0 Å². The van der Waals surface area contributed by atoms with Crippen LogP contribution in [0.1, 0.15) is 36.8 Å². The van der Waals surface area contributed by atoms with Crippen LogP contribution in [0, 0.1) is 6.92 Å². The van der Waals surface area contributed by atoms with Crippen LogP contribution < -0.4 is 0 Å². The highest BCUT2D eigenvalue weighted by molar-refractivity contribution is 5.85. The van der Waals surface area contributed by atoms with E-state index in [0.29, 0.717) is 25.4 Å². The van der Waals surface area contributed by atoms with Crippen molar-refractivity contribution in [1.82, 2.24) is 20.3 Å². The lowest BCUT2D eigenvalue weighted by Gasteiger charge is -2.33. The van der Waals surface area contributed by atoms with E-state index in [0.717, 1.165) is 42.0 Å². The molecule has 0 bridgehead atoms. The Kier molecular flexibility index (Phi) is 3.26. The fourth-order valence-corrected chi connectivity index (χ4v) is 3.44. The lowest BCUT2D eigenvalue weighted by Crippen LogP contribution is -2.48. The average molecular weight is 316 g/mol. The zero-order valence-corrected chi connectivity index (χ0v) is 13.4. The fourth-order valence-electron chi connectivity index (χ4n) is 3.44. The van der Waals surface area contributed by atoms with E-state index in [9.17, 15) is 4.79 Å². The van der Waals surface area contributed by atoms with E-state index in [1.54, 1.807) is 0 Å². The van der Waals surface area contributed by atoms with Crippen molar-refractivity contribution in [3.05, 3.63) is 23.1 Å². The molecule has 0 radical (unpaired) electrons. The minimum atomic E-state index is -0.675. The molecular formula is C16H20N4O3. The summed E-state index contributed by atoms with van der Waals surface area (Å²) in [6.45, 7) is 5.63. The number of fused-ring (bicyclic) bond motifs is 1. The Morgan fingerprint density at radius 2 is 2.35 bits per heavy atom. The maximum Gasteiger partial charge on any atom is 0.254 e. The Morgan fingerprint density at radius 1 is 1.48 bits per heavy atom. The second kappa shape index (κ2) is 5.19. The van der Waals surface area contributed by atoms with E-state index in [-0.39, 0.29) is 5.91 Å². The predicted octanol–water partition coefficient (Wildman–Crippen LogP) is 1.83. The number of nitrogens with one attached hydrogen (secondary N) is 1. The molecule has 1 N–H and O–H groups in total. The Labute approximate surface area is 134 Å². The van der Waals surface area contributed by atoms with Gasteiger partial charge in [-0.3, -0.25) is 9.89 Å². The molecule has 1 fully saturated rings. The molecule has 1 saturated heterocycles. The molecule has 2 aliphatic rings. The fraction of sp³-hybridized carbons (Fsp3) is 0.562. The SMILES string of the molecule is Cc1cc(-c2n[nH]c3c2CN(C(=O)C2(C)CCCO2)CC3)no1. The van der Waals surface area contributed by atoms with Crippen LogP contribution in [0.3, 0.4) is 0 Å². The van der Waals surface area contributed by atoms with Gasteiger partial charge >= 0.3 is 0 Å². The normalized spacial score (nSPS) is 24.0. The van der Waals surface area contributed by atoms with Crippen LogP contribution in [0.4, 0.5) is 0 Å². The van der Waals surface area contributed by atoms with E-state index < -0.39 is 5.60 Å². The number of H-pyrrole nitrogens is 1. The predicted molar refractivity (Wildman–Crippen MR) is 81.5 cm³/mol. The number of nitrogens with zero attached hydrogens (tertiary/aromatic N) is 3. The van der Waals surface area contributed by atoms with Crippen molar-refractivity contribution >= 4 is 5.91 Å². The van der Waals surface area contributed by atoms with Crippen molar-refractivity contribution in [2.45, 2.75) is 45.3 Å². The number of aromatic amines is 1. The summed E-state index contributed by atoms with van der Waals surface area (Å²) in [6, 6.07) is 1.86. The highest BCUT2D eigenvalue weighted by atomic mass is 16.5. The zero-order chi connectivity index (χ0) is 16.0. The number of carbonyl (C=O) groups excluding carboxylic acids is 1. The minimum Gasteiger partial charge on any atom is -0.365 e. The first-order chi connectivity index (χ1) is 11.1. The maximum atomic E-state index is 12.8. The van der Waals surface area contributed by atoms with Gasteiger partial charge in [-0.05, 0) is 26.7 Å². The molecule has 2 aromatic heterocycles. The molecule has 0 saturated carbocycles. The number of rotatable bonds is 2. The summed E-state index contributed by atoms with van der Waals surface area (Å²) < 4.78 is 10.8. The van der Waals surface area contributed by atoms with Crippen molar-refractivity contribution in [1.29, 1.82) is 0 Å². The number of amides is 1. The van der Waals surface area contributed by atoms with Crippen LogP contribution in [0.15, 0.2) is 10.6 Å². The van der Waals surface area contributed by atoms with Gasteiger partial charge in [0.1, 0.15) is 22.7 Å². The smallest absolute Gasteiger partial charge is 0.254 e. The molecule has 0 aliphatic carbocycles. The third-order valence-electron chi connectivity index (χ3n) is 4.76. The third kappa shape index (κ3) is 2.35. The molecule has 0 spiro atoms. The summed E-state index contributed by atoms with van der Waals surface area (Å²) in [5.41, 5.74) is 2.90. The minimum absolute atomic E-state index is 0.0733. The summed E-state index contributed by atoms with van der Waals surface area (Å²) in [5, 5.41) is 11.5. The molecule has 7 heteroatoms. The second-order valence-corrected chi connectivity index (χ2v) is 6.51. The van der Waals surface area contributed by atoms with Crippen molar-refractivity contribution < 1.29 is 14.1 Å². The molecule has 23 heavy (non-hydrogen) atoms. The number of hydrogen-bond acceptors (Lipinski definition) is 5. The molecule has 1 unspecified atom stereocenters. The van der Waals surface area contributed by atoms with Gasteiger partial charge in [0.15, 0.2) is 0 Å². The van der Waals surface area contributed by atoms with Crippen molar-refractivity contribution in [2.24, 2.45) is 0 Å². The van der Waals surface area contributed by atoms with Gasteiger partial charge in [-0.25, -0.2) is 0 Å². The molecule has 0 aromatic carbocycles. The number of hydrogen-bond donors (Lipinski definition) is 1. The standard InChI is InChI=1S/C16H20N4O3/c1-10-8-13(19-23-10)14-11-9-20(6-4-12(11)17-18-14)15(21)16(2)5-3-7-22-16/h8H,3-7,9H2,1-2H3,(H,17,18). The second-order valence-electron chi connectivity index (χ2n) is 6.51. The molecule has 1 amide bonds. The molecule has 2 aliphatic heterocycles. The van der Waals surface area contributed by atoms with Gasteiger partial charge in [-0.1, -0.05) is 5.16 Å². The number of aromatic nitrogens is 3. The Morgan fingerprint density at radius 3 is 3.04 bits per heavy atom. The largest absolute Gasteiger partial charge is 0.365 e. The van der Waals surface area contributed by atoms with E-state index in [4.69, 9.17) is 9.26 Å². The van der Waals surface area contributed by atoms with Gasteiger partial charge in [0, 0.05) is 43.4 Å². The van der Waals surface area contributed by atoms with E-state index >= 15 is 0 Å². The quantitative estimate of drug-likeness (QED) is 0.913. The third-order valence-corrected chi connectivity index (χ3v) is 4.76. The Balaban J connectivity index is 1.61. The highest BCUT2D eigenvalue weighted by Gasteiger charge is 2.41. The molecule has 4 rings (SSSR count). The van der Waals surface area contributed by atoms with Crippen LogP contribution in [-0.2, 0) is 22.5 Å². The summed E-state index contributed by atoms with van der Waals surface area (Å²) in [4.78, 5) is 14.7. The summed E-state index contributed by atoms with van der Waals surface area (Å²) in [6.07, 6.45) is 2.49. The lowest BCUT2D eigenvalue weighted by molar-refractivity contribution is -0.152. The van der Waals surface area contributed by atoms with E-state index in [1.165, 1.54) is 0 Å². The molecule has 2 aromatic rings. The van der Waals surface area contributed by atoms with Gasteiger partial charge in [-0.15, -0.1) is 0 Å². The lowest BCUT2D eigenvalue weighted by atomic mass is 9.97. The highest BCUT2D eigenvalue weighted by Crippen LogP contribution is 2.32. The zero-order valence-electron chi connectivity index (χ0n) is 13.4. The van der Waals surface area contributed by atoms with Gasteiger partial charge in [-0.2, -0.15) is 5.10 Å². The molecule has 1 atom stereocenters. The van der Waals surface area contributed by atoms with Gasteiger partial charge < -0.3 is 14.2 Å². The van der Waals surface area contributed by atoms with Gasteiger partial charge in [0.2, 0.25) is 0 Å². The van der Waals surface area contributed by atoms with E-state index in [1.807, 2.05) is 24.8 Å². The first-order valence-corrected chi connectivity index (χ1v) is 8.00. The first kappa shape index (κ1) is 14.4. The Hall–Kier alpha value is -2.15. The molecule has 122 valence electrons. The maximum absolute atomic E-state index is 12.8. The number of carbonyl (C=O) groups is 1. The average Bonchev–Trinajstić information content (AvgIpc) is 3.26. The number of aryl methyl sites for hydroxylation is 1. The van der Waals surface area contributed by atoms with Crippen LogP contribution in [-0.4, -0.2) is 44.9 Å². The monoisotopic (exact) mass is 316 g/mol. The molecule has 7 nitrogen and oxygen atoms in total. The number of ether oxygens (including phenoxy) is 1. The van der Waals surface area contributed by atoms with Crippen LogP contribution in [0.25, 0.3) is 11.4 Å². The summed E-state index contributed by atoms with van der Waals surface area (Å²) >= 11 is 0. The van der Waals surface area contributed by atoms with Gasteiger partial charge in [0.25, 0.3) is 5.91 Å². The Bertz CT molecular complexity index is 742. The summed E-state index contributed by atoms with van der Waals surface area (Å²) in [7, 11) is 0. The first-order valence-electron chi connectivity index (χ1n) is 8.00.